The maximum Gasteiger partial charge on any atom is 0.0772 e. The Morgan fingerprint density at radius 1 is 1.31 bits per heavy atom. The van der Waals surface area contributed by atoms with Crippen molar-refractivity contribution in [3.8, 4) is 0 Å². The van der Waals surface area contributed by atoms with Crippen LogP contribution in [0.25, 0.3) is 0 Å². The van der Waals surface area contributed by atoms with Gasteiger partial charge in [-0.15, -0.1) is 0 Å². The van der Waals surface area contributed by atoms with Gasteiger partial charge in [0.2, 0.25) is 0 Å². The fourth-order valence-electron chi connectivity index (χ4n) is 3.05. The van der Waals surface area contributed by atoms with Crippen LogP contribution < -0.4 is 0 Å². The minimum atomic E-state index is 0.634. The molecule has 2 aliphatic rings. The second-order valence-corrected chi connectivity index (χ2v) is 5.52. The molecule has 1 aromatic rings. The van der Waals surface area contributed by atoms with Gasteiger partial charge in [0.25, 0.3) is 0 Å². The summed E-state index contributed by atoms with van der Waals surface area (Å²) < 4.78 is 2.14. The number of hydrogen-bond acceptors (Lipinski definition) is 2. The monoisotopic (exact) mass is 219 g/mol. The van der Waals surface area contributed by atoms with E-state index in [0.717, 1.165) is 5.92 Å². The lowest BCUT2D eigenvalue weighted by Crippen LogP contribution is -2.49. The summed E-state index contributed by atoms with van der Waals surface area (Å²) in [7, 11) is 0. The first-order chi connectivity index (χ1) is 7.81. The van der Waals surface area contributed by atoms with Crippen molar-refractivity contribution >= 4 is 0 Å². The SMILES string of the molecule is Cc1cnn(C2CN(CC3CCCC3)C2)c1. The number of likely N-dealkylation sites (tertiary alicyclic amines) is 1. The molecule has 88 valence electrons. The Labute approximate surface area is 97.4 Å². The van der Waals surface area contributed by atoms with Gasteiger partial charge in [0.1, 0.15) is 0 Å². The van der Waals surface area contributed by atoms with Crippen molar-refractivity contribution in [1.29, 1.82) is 0 Å². The number of nitrogens with zero attached hydrogens (tertiary/aromatic N) is 3. The van der Waals surface area contributed by atoms with Gasteiger partial charge in [-0.1, -0.05) is 12.8 Å². The predicted molar refractivity (Wildman–Crippen MR) is 64.4 cm³/mol. The molecule has 16 heavy (non-hydrogen) atoms. The van der Waals surface area contributed by atoms with E-state index in [0.29, 0.717) is 6.04 Å². The smallest absolute Gasteiger partial charge is 0.0772 e. The molecule has 1 saturated carbocycles. The molecule has 0 aromatic carbocycles. The van der Waals surface area contributed by atoms with Gasteiger partial charge in [0, 0.05) is 25.8 Å². The highest BCUT2D eigenvalue weighted by Gasteiger charge is 2.30. The molecule has 1 aromatic heterocycles. The molecule has 1 aliphatic heterocycles. The summed E-state index contributed by atoms with van der Waals surface area (Å²) in [6.45, 7) is 5.85. The maximum atomic E-state index is 4.39. The second-order valence-electron chi connectivity index (χ2n) is 5.52. The summed E-state index contributed by atoms with van der Waals surface area (Å²) in [6, 6.07) is 0.634. The van der Waals surface area contributed by atoms with Crippen LogP contribution >= 0.6 is 0 Å². The highest BCUT2D eigenvalue weighted by Crippen LogP contribution is 2.29. The molecule has 3 nitrogen and oxygen atoms in total. The van der Waals surface area contributed by atoms with E-state index < -0.39 is 0 Å². The van der Waals surface area contributed by atoms with Crippen LogP contribution in [-0.4, -0.2) is 34.3 Å². The molecule has 3 heteroatoms. The first kappa shape index (κ1) is 10.3. The van der Waals surface area contributed by atoms with E-state index in [1.807, 2.05) is 6.20 Å². The molecule has 0 unspecified atom stereocenters. The van der Waals surface area contributed by atoms with E-state index in [1.54, 1.807) is 0 Å². The molecule has 0 atom stereocenters. The van der Waals surface area contributed by atoms with Gasteiger partial charge in [0.05, 0.1) is 12.2 Å². The van der Waals surface area contributed by atoms with E-state index in [2.05, 4.69) is 27.8 Å². The molecule has 1 aliphatic carbocycles. The fourth-order valence-corrected chi connectivity index (χ4v) is 3.05. The molecular weight excluding hydrogens is 198 g/mol. The molecule has 2 fully saturated rings. The summed E-state index contributed by atoms with van der Waals surface area (Å²) in [4.78, 5) is 2.59. The Bertz CT molecular complexity index is 346. The number of aryl methyl sites for hydroxylation is 1. The molecule has 3 rings (SSSR count). The molecule has 1 saturated heterocycles. The van der Waals surface area contributed by atoms with Crippen LogP contribution in [0.15, 0.2) is 12.4 Å². The lowest BCUT2D eigenvalue weighted by molar-refractivity contribution is 0.0813. The van der Waals surface area contributed by atoms with Gasteiger partial charge in [-0.3, -0.25) is 9.58 Å². The zero-order chi connectivity index (χ0) is 11.0. The summed E-state index contributed by atoms with van der Waals surface area (Å²) >= 11 is 0. The molecule has 2 heterocycles. The standard InChI is InChI=1S/C13H21N3/c1-11-6-14-16(7-11)13-9-15(10-13)8-12-4-2-3-5-12/h6-7,12-13H,2-5,8-10H2,1H3. The molecule has 0 N–H and O–H groups in total. The third-order valence-corrected chi connectivity index (χ3v) is 4.03. The van der Waals surface area contributed by atoms with E-state index in [4.69, 9.17) is 0 Å². The normalized spacial score (nSPS) is 23.8. The van der Waals surface area contributed by atoms with Gasteiger partial charge in [-0.2, -0.15) is 5.10 Å². The maximum absolute atomic E-state index is 4.39. The van der Waals surface area contributed by atoms with Crippen molar-refractivity contribution in [3.63, 3.8) is 0 Å². The Morgan fingerprint density at radius 2 is 2.06 bits per heavy atom. The van der Waals surface area contributed by atoms with Crippen molar-refractivity contribution in [2.75, 3.05) is 19.6 Å². The minimum absolute atomic E-state index is 0.634. The number of aromatic nitrogens is 2. The van der Waals surface area contributed by atoms with Crippen molar-refractivity contribution < 1.29 is 0 Å². The van der Waals surface area contributed by atoms with Crippen LogP contribution in [0, 0.1) is 12.8 Å². The first-order valence-corrected chi connectivity index (χ1v) is 6.54. The Balaban J connectivity index is 1.47. The molecule has 0 spiro atoms. The molecule has 0 amide bonds. The minimum Gasteiger partial charge on any atom is -0.299 e. The van der Waals surface area contributed by atoms with E-state index in [9.17, 15) is 0 Å². The fraction of sp³-hybridized carbons (Fsp3) is 0.769. The third kappa shape index (κ3) is 2.01. The predicted octanol–water partition coefficient (Wildman–Crippen LogP) is 2.24. The molecule has 0 radical (unpaired) electrons. The van der Waals surface area contributed by atoms with Crippen molar-refractivity contribution in [2.45, 2.75) is 38.6 Å². The van der Waals surface area contributed by atoms with Gasteiger partial charge in [-0.05, 0) is 31.2 Å². The van der Waals surface area contributed by atoms with Crippen LogP contribution in [0.5, 0.6) is 0 Å². The summed E-state index contributed by atoms with van der Waals surface area (Å²) in [5.41, 5.74) is 1.27. The quantitative estimate of drug-likeness (QED) is 0.777. The van der Waals surface area contributed by atoms with Gasteiger partial charge in [-0.25, -0.2) is 0 Å². The summed E-state index contributed by atoms with van der Waals surface area (Å²) in [6.07, 6.45) is 9.96. The van der Waals surface area contributed by atoms with E-state index in [1.165, 1.54) is 50.9 Å². The van der Waals surface area contributed by atoms with E-state index in [-0.39, 0.29) is 0 Å². The Morgan fingerprint density at radius 3 is 2.69 bits per heavy atom. The number of hydrogen-bond donors (Lipinski definition) is 0. The van der Waals surface area contributed by atoms with Crippen LogP contribution in [0.4, 0.5) is 0 Å². The highest BCUT2D eigenvalue weighted by atomic mass is 15.4. The average Bonchev–Trinajstić information content (AvgIpc) is 2.82. The Hall–Kier alpha value is -0.830. The average molecular weight is 219 g/mol. The van der Waals surface area contributed by atoms with Crippen molar-refractivity contribution in [3.05, 3.63) is 18.0 Å². The topological polar surface area (TPSA) is 21.1 Å². The van der Waals surface area contributed by atoms with Crippen molar-refractivity contribution in [1.82, 2.24) is 14.7 Å². The third-order valence-electron chi connectivity index (χ3n) is 4.03. The van der Waals surface area contributed by atoms with Gasteiger partial charge < -0.3 is 0 Å². The lowest BCUT2D eigenvalue weighted by atomic mass is 10.0. The zero-order valence-electron chi connectivity index (χ0n) is 10.1. The highest BCUT2D eigenvalue weighted by molar-refractivity contribution is 5.02. The lowest BCUT2D eigenvalue weighted by Gasteiger charge is -2.40. The van der Waals surface area contributed by atoms with Gasteiger partial charge in [0.15, 0.2) is 0 Å². The molecule has 0 bridgehead atoms. The van der Waals surface area contributed by atoms with Gasteiger partial charge >= 0.3 is 0 Å². The Kier molecular flexibility index (Phi) is 2.72. The largest absolute Gasteiger partial charge is 0.299 e. The molecular formula is C13H21N3. The van der Waals surface area contributed by atoms with Crippen LogP contribution in [0.1, 0.15) is 37.3 Å². The zero-order valence-corrected chi connectivity index (χ0v) is 10.1. The summed E-state index contributed by atoms with van der Waals surface area (Å²) in [5.74, 6) is 0.986. The second kappa shape index (κ2) is 4.21. The first-order valence-electron chi connectivity index (χ1n) is 6.54. The van der Waals surface area contributed by atoms with Crippen LogP contribution in [0.3, 0.4) is 0 Å². The van der Waals surface area contributed by atoms with E-state index >= 15 is 0 Å². The van der Waals surface area contributed by atoms with Crippen LogP contribution in [-0.2, 0) is 0 Å². The number of rotatable bonds is 3. The van der Waals surface area contributed by atoms with Crippen molar-refractivity contribution in [2.24, 2.45) is 5.92 Å². The van der Waals surface area contributed by atoms with Crippen LogP contribution in [0.2, 0.25) is 0 Å². The summed E-state index contributed by atoms with van der Waals surface area (Å²) in [5, 5.41) is 4.39.